The lowest BCUT2D eigenvalue weighted by molar-refractivity contribution is -0.122. The third kappa shape index (κ3) is 9.45. The van der Waals surface area contributed by atoms with Crippen LogP contribution in [0.2, 0.25) is 0 Å². The van der Waals surface area contributed by atoms with Crippen LogP contribution in [0.15, 0.2) is 34.5 Å². The van der Waals surface area contributed by atoms with Gasteiger partial charge in [-0.1, -0.05) is 46.1 Å². The molecule has 3 nitrogen and oxygen atoms in total. The van der Waals surface area contributed by atoms with Gasteiger partial charge in [-0.2, -0.15) is 0 Å². The first-order valence-corrected chi connectivity index (χ1v) is 9.60. The fraction of sp³-hybridized carbons (Fsp3) is 0.545. The number of allylic oxidation sites excluding steroid dienone is 2. The predicted molar refractivity (Wildman–Crippen MR) is 108 cm³/mol. The highest BCUT2D eigenvalue weighted by Gasteiger charge is 2.11. The molecule has 1 atom stereocenters. The van der Waals surface area contributed by atoms with E-state index in [1.807, 2.05) is 13.8 Å². The number of benzene rings is 1. The fourth-order valence-electron chi connectivity index (χ4n) is 2.88. The van der Waals surface area contributed by atoms with E-state index in [1.165, 1.54) is 37.3 Å². The van der Waals surface area contributed by atoms with Gasteiger partial charge in [0, 0.05) is 11.4 Å². The van der Waals surface area contributed by atoms with Crippen molar-refractivity contribution in [3.8, 4) is 0 Å². The molecule has 0 fully saturated rings. The average Bonchev–Trinajstić information content (AvgIpc) is 2.63. The lowest BCUT2D eigenvalue weighted by atomic mass is 9.92. The summed E-state index contributed by atoms with van der Waals surface area (Å²) < 4.78 is 26.5. The number of unbranched alkanes of at least 4 members (excludes halogenated alkanes) is 3. The van der Waals surface area contributed by atoms with Crippen molar-refractivity contribution >= 4 is 12.2 Å². The number of hydrogen-bond donors (Lipinski definition) is 1. The van der Waals surface area contributed by atoms with Crippen LogP contribution >= 0.6 is 0 Å². The molecule has 0 radical (unpaired) electrons. The standard InChI is InChI=1S/C21H31F2N.CH2O2/c1-6-8-9-10-11-19(15(3)7-2)17(5)24-16(4)18-12-13-20(22)21(23)14-18;2-1-3/h12-15H,6-11H2,1-5H3;1H,(H,2,3)/b19-17-,24-16?;. The van der Waals surface area contributed by atoms with E-state index in [-0.39, 0.29) is 6.47 Å². The largest absolute Gasteiger partial charge is 0.483 e. The van der Waals surface area contributed by atoms with Gasteiger partial charge in [0.05, 0.1) is 0 Å². The summed E-state index contributed by atoms with van der Waals surface area (Å²) in [5.41, 5.74) is 3.75. The average molecular weight is 382 g/mol. The molecule has 0 bridgehead atoms. The highest BCUT2D eigenvalue weighted by Crippen LogP contribution is 2.26. The van der Waals surface area contributed by atoms with Crippen LogP contribution < -0.4 is 0 Å². The van der Waals surface area contributed by atoms with Gasteiger partial charge in [0.15, 0.2) is 11.6 Å². The number of hydrogen-bond acceptors (Lipinski definition) is 2. The zero-order valence-electron chi connectivity index (χ0n) is 17.2. The second-order valence-electron chi connectivity index (χ2n) is 6.66. The van der Waals surface area contributed by atoms with E-state index >= 15 is 0 Å². The van der Waals surface area contributed by atoms with E-state index in [4.69, 9.17) is 14.9 Å². The molecule has 0 aliphatic carbocycles. The fourth-order valence-corrected chi connectivity index (χ4v) is 2.88. The monoisotopic (exact) mass is 381 g/mol. The highest BCUT2D eigenvalue weighted by atomic mass is 19.2. The number of nitrogens with zero attached hydrogens (tertiary/aromatic N) is 1. The molecule has 1 unspecified atom stereocenters. The molecular weight excluding hydrogens is 348 g/mol. The van der Waals surface area contributed by atoms with Gasteiger partial charge < -0.3 is 5.11 Å². The maximum Gasteiger partial charge on any atom is 0.290 e. The second-order valence-corrected chi connectivity index (χ2v) is 6.66. The first-order valence-electron chi connectivity index (χ1n) is 9.60. The minimum atomic E-state index is -0.828. The van der Waals surface area contributed by atoms with Crippen molar-refractivity contribution in [1.29, 1.82) is 0 Å². The van der Waals surface area contributed by atoms with E-state index in [0.29, 0.717) is 11.5 Å². The minimum absolute atomic E-state index is 0.250. The first kappa shape index (κ1) is 25.0. The molecular formula is C22H33F2NO2. The molecule has 1 rings (SSSR count). The van der Waals surface area contributed by atoms with Gasteiger partial charge in [-0.3, -0.25) is 9.79 Å². The molecule has 5 heteroatoms. The van der Waals surface area contributed by atoms with Crippen molar-refractivity contribution in [2.45, 2.75) is 73.1 Å². The Morgan fingerprint density at radius 2 is 1.78 bits per heavy atom. The summed E-state index contributed by atoms with van der Waals surface area (Å²) in [7, 11) is 0. The zero-order chi connectivity index (χ0) is 20.8. The van der Waals surface area contributed by atoms with Crippen LogP contribution in [0.1, 0.15) is 78.7 Å². The summed E-state index contributed by atoms with van der Waals surface area (Å²) in [6.07, 6.45) is 7.08. The third-order valence-corrected chi connectivity index (χ3v) is 4.64. The van der Waals surface area contributed by atoms with Crippen molar-refractivity contribution in [3.05, 3.63) is 46.7 Å². The lowest BCUT2D eigenvalue weighted by Crippen LogP contribution is -2.03. The van der Waals surface area contributed by atoms with E-state index in [0.717, 1.165) is 30.3 Å². The molecule has 1 aromatic rings. The Morgan fingerprint density at radius 3 is 2.30 bits per heavy atom. The molecule has 0 saturated heterocycles. The molecule has 1 N–H and O–H groups in total. The Labute approximate surface area is 162 Å². The Kier molecular flexibility index (Phi) is 13.0. The summed E-state index contributed by atoms with van der Waals surface area (Å²) in [6.45, 7) is 10.3. The van der Waals surface area contributed by atoms with Gasteiger partial charge in [0.25, 0.3) is 6.47 Å². The lowest BCUT2D eigenvalue weighted by Gasteiger charge is -2.17. The number of halogens is 2. The van der Waals surface area contributed by atoms with E-state index < -0.39 is 11.6 Å². The molecule has 0 spiro atoms. The zero-order valence-corrected chi connectivity index (χ0v) is 17.2. The van der Waals surface area contributed by atoms with E-state index in [2.05, 4.69) is 20.8 Å². The highest BCUT2D eigenvalue weighted by molar-refractivity contribution is 5.99. The predicted octanol–water partition coefficient (Wildman–Crippen LogP) is 6.77. The summed E-state index contributed by atoms with van der Waals surface area (Å²) >= 11 is 0. The Morgan fingerprint density at radius 1 is 1.15 bits per heavy atom. The van der Waals surface area contributed by atoms with Crippen LogP contribution in [0.4, 0.5) is 8.78 Å². The van der Waals surface area contributed by atoms with Gasteiger partial charge >= 0.3 is 0 Å². The Balaban J connectivity index is 0.00000210. The van der Waals surface area contributed by atoms with Crippen LogP contribution in [0.3, 0.4) is 0 Å². The van der Waals surface area contributed by atoms with Crippen molar-refractivity contribution < 1.29 is 18.7 Å². The van der Waals surface area contributed by atoms with Crippen LogP contribution in [0, 0.1) is 17.6 Å². The van der Waals surface area contributed by atoms with Crippen LogP contribution in [0.5, 0.6) is 0 Å². The third-order valence-electron chi connectivity index (χ3n) is 4.64. The molecule has 152 valence electrons. The quantitative estimate of drug-likeness (QED) is 0.292. The molecule has 0 aromatic heterocycles. The first-order chi connectivity index (χ1) is 12.8. The van der Waals surface area contributed by atoms with Crippen molar-refractivity contribution in [3.63, 3.8) is 0 Å². The van der Waals surface area contributed by atoms with Crippen LogP contribution in [-0.4, -0.2) is 17.3 Å². The van der Waals surface area contributed by atoms with Crippen molar-refractivity contribution in [2.24, 2.45) is 10.9 Å². The molecule has 1 aromatic carbocycles. The van der Waals surface area contributed by atoms with Crippen molar-refractivity contribution in [1.82, 2.24) is 0 Å². The van der Waals surface area contributed by atoms with Gasteiger partial charge in [-0.15, -0.1) is 0 Å². The van der Waals surface area contributed by atoms with Crippen molar-refractivity contribution in [2.75, 3.05) is 0 Å². The molecule has 0 aliphatic rings. The molecule has 0 saturated carbocycles. The SMILES string of the molecule is CCCCCC/C(=C(\C)N=C(C)c1ccc(F)c(F)c1)C(C)CC.O=CO. The summed E-state index contributed by atoms with van der Waals surface area (Å²) in [4.78, 5) is 13.1. The smallest absolute Gasteiger partial charge is 0.290 e. The van der Waals surface area contributed by atoms with Gasteiger partial charge in [0.2, 0.25) is 0 Å². The maximum atomic E-state index is 13.4. The summed E-state index contributed by atoms with van der Waals surface area (Å²) in [5.74, 6) is -1.16. The number of aliphatic imine (C=N–C) groups is 1. The number of rotatable bonds is 9. The maximum absolute atomic E-state index is 13.4. The topological polar surface area (TPSA) is 49.7 Å². The molecule has 0 heterocycles. The second kappa shape index (κ2) is 14.1. The number of carboxylic acid groups (broad SMARTS) is 1. The minimum Gasteiger partial charge on any atom is -0.483 e. The molecule has 27 heavy (non-hydrogen) atoms. The van der Waals surface area contributed by atoms with E-state index in [1.54, 1.807) is 6.07 Å². The summed E-state index contributed by atoms with van der Waals surface area (Å²) in [5, 5.41) is 6.89. The Bertz CT molecular complexity index is 639. The molecule has 0 aliphatic heterocycles. The van der Waals surface area contributed by atoms with Gasteiger partial charge in [-0.25, -0.2) is 8.78 Å². The molecule has 0 amide bonds. The van der Waals surface area contributed by atoms with Crippen LogP contribution in [-0.2, 0) is 4.79 Å². The number of carbonyl (C=O) groups is 1. The Hall–Kier alpha value is -2.04. The van der Waals surface area contributed by atoms with E-state index in [9.17, 15) is 8.78 Å². The van der Waals surface area contributed by atoms with Gasteiger partial charge in [-0.05, 0) is 62.3 Å². The van der Waals surface area contributed by atoms with Gasteiger partial charge in [0.1, 0.15) is 0 Å². The summed E-state index contributed by atoms with van der Waals surface area (Å²) in [6, 6.07) is 3.95. The van der Waals surface area contributed by atoms with Crippen LogP contribution in [0.25, 0.3) is 0 Å². The normalized spacial score (nSPS) is 13.4.